The van der Waals surface area contributed by atoms with Crippen molar-refractivity contribution in [1.82, 2.24) is 0 Å². The summed E-state index contributed by atoms with van der Waals surface area (Å²) in [5.74, 6) is 0.337. The Morgan fingerprint density at radius 1 is 1.25 bits per heavy atom. The van der Waals surface area contributed by atoms with Crippen molar-refractivity contribution in [2.45, 2.75) is 50.1 Å². The minimum atomic E-state index is -0.223. The van der Waals surface area contributed by atoms with Crippen molar-refractivity contribution in [3.63, 3.8) is 0 Å². The van der Waals surface area contributed by atoms with Crippen LogP contribution in [0.5, 0.6) is 0 Å². The van der Waals surface area contributed by atoms with Gasteiger partial charge in [-0.1, -0.05) is 50.1 Å². The van der Waals surface area contributed by atoms with E-state index in [0.29, 0.717) is 5.92 Å². The zero-order valence-electron chi connectivity index (χ0n) is 10.0. The van der Waals surface area contributed by atoms with Gasteiger partial charge in [-0.25, -0.2) is 0 Å². The fraction of sp³-hybridized carbons (Fsp3) is 0.571. The molecule has 0 spiro atoms. The van der Waals surface area contributed by atoms with Gasteiger partial charge in [0.15, 0.2) is 0 Å². The van der Waals surface area contributed by atoms with Crippen molar-refractivity contribution >= 4 is 0 Å². The Kier molecular flexibility index (Phi) is 3.31. The third-order valence-electron chi connectivity index (χ3n) is 4.17. The van der Waals surface area contributed by atoms with E-state index in [9.17, 15) is 0 Å². The molecular formula is C14H22N2. The zero-order chi connectivity index (χ0) is 11.6. The van der Waals surface area contributed by atoms with E-state index >= 15 is 0 Å². The standard InChI is InChI=1S/C14H22N2/c1-11(12-7-3-2-4-8-12)14(16)10-6-5-9-13(14)15/h2-4,7-8,11,13H,5-6,9-10,15-16H2,1H3/t11-,13?,14?/m0/s1. The van der Waals surface area contributed by atoms with Crippen LogP contribution in [0.2, 0.25) is 0 Å². The van der Waals surface area contributed by atoms with Gasteiger partial charge in [-0.05, 0) is 18.4 Å². The maximum Gasteiger partial charge on any atom is 0.0374 e. The van der Waals surface area contributed by atoms with E-state index in [1.54, 1.807) is 0 Å². The molecule has 1 aromatic rings. The van der Waals surface area contributed by atoms with Gasteiger partial charge < -0.3 is 11.5 Å². The molecule has 0 heterocycles. The van der Waals surface area contributed by atoms with Crippen LogP contribution in [0, 0.1) is 0 Å². The molecule has 2 heteroatoms. The first-order valence-corrected chi connectivity index (χ1v) is 6.24. The number of nitrogens with two attached hydrogens (primary N) is 2. The lowest BCUT2D eigenvalue weighted by Gasteiger charge is -2.44. The maximum atomic E-state index is 6.55. The van der Waals surface area contributed by atoms with Gasteiger partial charge in [0, 0.05) is 17.5 Å². The predicted octanol–water partition coefficient (Wildman–Crippen LogP) is 2.39. The molecular weight excluding hydrogens is 196 g/mol. The molecule has 3 atom stereocenters. The molecule has 2 unspecified atom stereocenters. The van der Waals surface area contributed by atoms with E-state index in [1.165, 1.54) is 18.4 Å². The van der Waals surface area contributed by atoms with Crippen LogP contribution in [0.25, 0.3) is 0 Å². The van der Waals surface area contributed by atoms with E-state index in [0.717, 1.165) is 12.8 Å². The number of rotatable bonds is 2. The van der Waals surface area contributed by atoms with Gasteiger partial charge >= 0.3 is 0 Å². The fourth-order valence-corrected chi connectivity index (χ4v) is 2.84. The van der Waals surface area contributed by atoms with Crippen LogP contribution >= 0.6 is 0 Å². The summed E-state index contributed by atoms with van der Waals surface area (Å²) in [5, 5.41) is 0. The Labute approximate surface area is 98.0 Å². The minimum absolute atomic E-state index is 0.136. The SMILES string of the molecule is C[C@@H](c1ccccc1)C1(N)CCCCC1N. The summed E-state index contributed by atoms with van der Waals surface area (Å²) >= 11 is 0. The summed E-state index contributed by atoms with van der Waals surface area (Å²) in [6, 6.07) is 10.6. The van der Waals surface area contributed by atoms with Crippen LogP contribution in [-0.2, 0) is 0 Å². The topological polar surface area (TPSA) is 52.0 Å². The van der Waals surface area contributed by atoms with Crippen LogP contribution in [0.3, 0.4) is 0 Å². The minimum Gasteiger partial charge on any atom is -0.326 e. The Bertz CT molecular complexity index is 336. The molecule has 2 rings (SSSR count). The van der Waals surface area contributed by atoms with E-state index in [-0.39, 0.29) is 11.6 Å². The highest BCUT2D eigenvalue weighted by molar-refractivity contribution is 5.24. The van der Waals surface area contributed by atoms with Crippen LogP contribution in [0.15, 0.2) is 30.3 Å². The van der Waals surface area contributed by atoms with Crippen molar-refractivity contribution in [1.29, 1.82) is 0 Å². The van der Waals surface area contributed by atoms with Crippen LogP contribution in [0.4, 0.5) is 0 Å². The molecule has 1 aliphatic rings. The second kappa shape index (κ2) is 4.56. The van der Waals surface area contributed by atoms with Crippen molar-refractivity contribution in [2.24, 2.45) is 11.5 Å². The maximum absolute atomic E-state index is 6.55. The Morgan fingerprint density at radius 3 is 2.56 bits per heavy atom. The van der Waals surface area contributed by atoms with Crippen LogP contribution < -0.4 is 11.5 Å². The van der Waals surface area contributed by atoms with E-state index < -0.39 is 0 Å². The molecule has 1 aromatic carbocycles. The lowest BCUT2D eigenvalue weighted by molar-refractivity contribution is 0.218. The first-order chi connectivity index (χ1) is 7.64. The summed E-state index contributed by atoms with van der Waals surface area (Å²) in [7, 11) is 0. The monoisotopic (exact) mass is 218 g/mol. The smallest absolute Gasteiger partial charge is 0.0374 e. The molecule has 1 fully saturated rings. The molecule has 0 aromatic heterocycles. The van der Waals surface area contributed by atoms with Gasteiger partial charge in [0.1, 0.15) is 0 Å². The molecule has 2 nitrogen and oxygen atoms in total. The summed E-state index contributed by atoms with van der Waals surface area (Å²) in [6.07, 6.45) is 4.54. The number of hydrogen-bond donors (Lipinski definition) is 2. The first-order valence-electron chi connectivity index (χ1n) is 6.24. The Balaban J connectivity index is 2.22. The second-order valence-corrected chi connectivity index (χ2v) is 5.10. The van der Waals surface area contributed by atoms with Gasteiger partial charge in [0.25, 0.3) is 0 Å². The third kappa shape index (κ3) is 2.00. The van der Waals surface area contributed by atoms with Gasteiger partial charge in [-0.2, -0.15) is 0 Å². The van der Waals surface area contributed by atoms with Gasteiger partial charge in [0.05, 0.1) is 0 Å². The van der Waals surface area contributed by atoms with Crippen LogP contribution in [-0.4, -0.2) is 11.6 Å². The van der Waals surface area contributed by atoms with Crippen molar-refractivity contribution < 1.29 is 0 Å². The molecule has 0 aliphatic heterocycles. The normalized spacial score (nSPS) is 32.3. The van der Waals surface area contributed by atoms with Gasteiger partial charge in [-0.3, -0.25) is 0 Å². The summed E-state index contributed by atoms with van der Waals surface area (Å²) in [5.41, 5.74) is 13.9. The molecule has 16 heavy (non-hydrogen) atoms. The Hall–Kier alpha value is -0.860. The zero-order valence-corrected chi connectivity index (χ0v) is 10.0. The molecule has 0 radical (unpaired) electrons. The highest BCUT2D eigenvalue weighted by atomic mass is 14.9. The molecule has 88 valence electrons. The third-order valence-corrected chi connectivity index (χ3v) is 4.17. The van der Waals surface area contributed by atoms with Crippen molar-refractivity contribution in [3.05, 3.63) is 35.9 Å². The molecule has 1 saturated carbocycles. The van der Waals surface area contributed by atoms with Gasteiger partial charge in [-0.15, -0.1) is 0 Å². The highest BCUT2D eigenvalue weighted by Gasteiger charge is 2.40. The van der Waals surface area contributed by atoms with E-state index in [2.05, 4.69) is 31.2 Å². The van der Waals surface area contributed by atoms with Crippen LogP contribution in [0.1, 0.15) is 44.1 Å². The van der Waals surface area contributed by atoms with E-state index in [4.69, 9.17) is 11.5 Å². The van der Waals surface area contributed by atoms with Gasteiger partial charge in [0.2, 0.25) is 0 Å². The van der Waals surface area contributed by atoms with E-state index in [1.807, 2.05) is 6.07 Å². The number of hydrogen-bond acceptors (Lipinski definition) is 2. The summed E-state index contributed by atoms with van der Waals surface area (Å²) < 4.78 is 0. The first kappa shape index (κ1) is 11.6. The highest BCUT2D eigenvalue weighted by Crippen LogP contribution is 2.36. The Morgan fingerprint density at radius 2 is 1.94 bits per heavy atom. The molecule has 0 amide bonds. The molecule has 0 saturated heterocycles. The summed E-state index contributed by atoms with van der Waals surface area (Å²) in [6.45, 7) is 2.21. The average Bonchev–Trinajstić information content (AvgIpc) is 2.33. The lowest BCUT2D eigenvalue weighted by atomic mass is 9.69. The molecule has 1 aliphatic carbocycles. The quantitative estimate of drug-likeness (QED) is 0.800. The lowest BCUT2D eigenvalue weighted by Crippen LogP contribution is -2.60. The molecule has 4 N–H and O–H groups in total. The molecule has 0 bridgehead atoms. The average molecular weight is 218 g/mol. The largest absolute Gasteiger partial charge is 0.326 e. The number of benzene rings is 1. The van der Waals surface area contributed by atoms with Crippen molar-refractivity contribution in [2.75, 3.05) is 0 Å². The fourth-order valence-electron chi connectivity index (χ4n) is 2.84. The summed E-state index contributed by atoms with van der Waals surface area (Å²) in [4.78, 5) is 0. The predicted molar refractivity (Wildman–Crippen MR) is 68.2 cm³/mol. The second-order valence-electron chi connectivity index (χ2n) is 5.10. The van der Waals surface area contributed by atoms with Crippen molar-refractivity contribution in [3.8, 4) is 0 Å².